The second-order valence-corrected chi connectivity index (χ2v) is 11.2. The fraction of sp³-hybridized carbons (Fsp3) is 0.240. The zero-order chi connectivity index (χ0) is 24.3. The van der Waals surface area contributed by atoms with E-state index in [-0.39, 0.29) is 35.9 Å². The Morgan fingerprint density at radius 3 is 2.47 bits per heavy atom. The molecule has 176 valence electrons. The molecular formula is C25H24FN3O3S2. The molecule has 2 heterocycles. The van der Waals surface area contributed by atoms with Crippen molar-refractivity contribution in [2.24, 2.45) is 0 Å². The van der Waals surface area contributed by atoms with Crippen molar-refractivity contribution in [3.8, 4) is 0 Å². The number of rotatable bonds is 8. The zero-order valence-electron chi connectivity index (χ0n) is 18.9. The molecule has 2 aromatic heterocycles. The number of amides is 1. The summed E-state index contributed by atoms with van der Waals surface area (Å²) in [7, 11) is -3.61. The minimum Gasteiger partial charge on any atom is -0.284 e. The molecule has 0 saturated heterocycles. The van der Waals surface area contributed by atoms with Crippen LogP contribution in [0.4, 0.5) is 9.52 Å². The summed E-state index contributed by atoms with van der Waals surface area (Å²) in [5, 5.41) is 0.572. The number of benzene rings is 2. The molecule has 0 atom stereocenters. The molecule has 9 heteroatoms. The summed E-state index contributed by atoms with van der Waals surface area (Å²) < 4.78 is 39.3. The first kappa shape index (κ1) is 24.0. The van der Waals surface area contributed by atoms with Crippen LogP contribution < -0.4 is 4.90 Å². The highest BCUT2D eigenvalue weighted by atomic mass is 32.2. The third-order valence-corrected chi connectivity index (χ3v) is 8.53. The van der Waals surface area contributed by atoms with Crippen molar-refractivity contribution < 1.29 is 17.6 Å². The zero-order valence-corrected chi connectivity index (χ0v) is 20.5. The van der Waals surface area contributed by atoms with E-state index in [0.29, 0.717) is 5.13 Å². The summed E-state index contributed by atoms with van der Waals surface area (Å²) in [4.78, 5) is 23.8. The number of aryl methyl sites for hydroxylation is 2. The number of thiazole rings is 1. The Balaban J connectivity index is 1.55. The SMILES string of the molecule is Cc1ccc(C)c2sc(N(Cc3cccnc3)C(=O)CCCS(=O)(=O)c3ccc(F)cc3)nc12. The predicted octanol–water partition coefficient (Wildman–Crippen LogP) is 5.23. The van der Waals surface area contributed by atoms with Gasteiger partial charge in [0.25, 0.3) is 0 Å². The Labute approximate surface area is 202 Å². The molecule has 0 aliphatic rings. The van der Waals surface area contributed by atoms with Gasteiger partial charge in [0, 0.05) is 18.8 Å². The summed E-state index contributed by atoms with van der Waals surface area (Å²) in [6.45, 7) is 4.28. The molecule has 6 nitrogen and oxygen atoms in total. The predicted molar refractivity (Wildman–Crippen MR) is 132 cm³/mol. The van der Waals surface area contributed by atoms with E-state index in [4.69, 9.17) is 4.98 Å². The summed E-state index contributed by atoms with van der Waals surface area (Å²) in [5.41, 5.74) is 3.83. The molecule has 4 aromatic rings. The molecule has 4 rings (SSSR count). The molecule has 1 amide bonds. The van der Waals surface area contributed by atoms with Gasteiger partial charge in [-0.1, -0.05) is 29.5 Å². The molecule has 0 saturated carbocycles. The Hall–Kier alpha value is -3.17. The van der Waals surface area contributed by atoms with Crippen LogP contribution in [0.3, 0.4) is 0 Å². The molecule has 0 radical (unpaired) electrons. The van der Waals surface area contributed by atoms with Gasteiger partial charge < -0.3 is 0 Å². The van der Waals surface area contributed by atoms with Crippen molar-refractivity contribution in [2.45, 2.75) is 38.1 Å². The highest BCUT2D eigenvalue weighted by Gasteiger charge is 2.23. The number of aromatic nitrogens is 2. The number of fused-ring (bicyclic) bond motifs is 1. The fourth-order valence-corrected chi connectivity index (χ4v) is 6.05. The number of halogens is 1. The highest BCUT2D eigenvalue weighted by molar-refractivity contribution is 7.91. The number of sulfone groups is 1. The van der Waals surface area contributed by atoms with Gasteiger partial charge >= 0.3 is 0 Å². The van der Waals surface area contributed by atoms with Crippen LogP contribution in [0.2, 0.25) is 0 Å². The normalized spacial score (nSPS) is 11.6. The average molecular weight is 498 g/mol. The van der Waals surface area contributed by atoms with E-state index in [2.05, 4.69) is 4.98 Å². The third-order valence-electron chi connectivity index (χ3n) is 5.50. The summed E-state index contributed by atoms with van der Waals surface area (Å²) >= 11 is 1.45. The van der Waals surface area contributed by atoms with Gasteiger partial charge in [-0.05, 0) is 67.3 Å². The van der Waals surface area contributed by atoms with Crippen LogP contribution in [0, 0.1) is 19.7 Å². The van der Waals surface area contributed by atoms with Crippen molar-refractivity contribution in [3.05, 3.63) is 83.4 Å². The van der Waals surface area contributed by atoms with Crippen LogP contribution in [0.25, 0.3) is 10.2 Å². The molecular weight excluding hydrogens is 473 g/mol. The first-order valence-electron chi connectivity index (χ1n) is 10.8. The van der Waals surface area contributed by atoms with Gasteiger partial charge in [-0.15, -0.1) is 0 Å². The maximum absolute atomic E-state index is 13.3. The lowest BCUT2D eigenvalue weighted by Crippen LogP contribution is -2.30. The number of carbonyl (C=O) groups is 1. The maximum Gasteiger partial charge on any atom is 0.229 e. The van der Waals surface area contributed by atoms with Crippen LogP contribution in [0.15, 0.2) is 65.8 Å². The number of pyridine rings is 1. The summed E-state index contributed by atoms with van der Waals surface area (Å²) in [5.74, 6) is -0.919. The smallest absolute Gasteiger partial charge is 0.229 e. The number of anilines is 1. The van der Waals surface area contributed by atoms with E-state index in [1.807, 2.05) is 32.0 Å². The number of hydrogen-bond acceptors (Lipinski definition) is 6. The maximum atomic E-state index is 13.3. The minimum atomic E-state index is -3.61. The number of carbonyl (C=O) groups excluding carboxylic acids is 1. The van der Waals surface area contributed by atoms with E-state index >= 15 is 0 Å². The summed E-state index contributed by atoms with van der Waals surface area (Å²) in [6, 6.07) is 12.5. The van der Waals surface area contributed by atoms with Crippen molar-refractivity contribution in [1.29, 1.82) is 0 Å². The standard InChI is InChI=1S/C25H24FN3O3S2/c1-17-7-8-18(2)24-23(17)28-25(33-24)29(16-19-5-3-13-27-15-19)22(30)6-4-14-34(31,32)21-11-9-20(26)10-12-21/h3,5,7-13,15H,4,6,14,16H2,1-2H3. The number of nitrogens with zero attached hydrogens (tertiary/aromatic N) is 3. The monoisotopic (exact) mass is 497 g/mol. The average Bonchev–Trinajstić information content (AvgIpc) is 3.27. The van der Waals surface area contributed by atoms with Gasteiger partial charge in [-0.2, -0.15) is 0 Å². The molecule has 0 bridgehead atoms. The molecule has 0 aliphatic carbocycles. The van der Waals surface area contributed by atoms with Gasteiger partial charge in [0.15, 0.2) is 15.0 Å². The molecule has 2 aromatic carbocycles. The van der Waals surface area contributed by atoms with E-state index < -0.39 is 15.7 Å². The third kappa shape index (κ3) is 5.31. The van der Waals surface area contributed by atoms with Crippen LogP contribution in [-0.2, 0) is 21.2 Å². The first-order chi connectivity index (χ1) is 16.2. The van der Waals surface area contributed by atoms with Crippen LogP contribution in [0.1, 0.15) is 29.5 Å². The second-order valence-electron chi connectivity index (χ2n) is 8.09. The second kappa shape index (κ2) is 9.99. The molecule has 0 unspecified atom stereocenters. The minimum absolute atomic E-state index is 0.0363. The lowest BCUT2D eigenvalue weighted by molar-refractivity contribution is -0.118. The van der Waals surface area contributed by atoms with E-state index in [1.165, 1.54) is 23.5 Å². The Bertz CT molecular complexity index is 1380. The van der Waals surface area contributed by atoms with E-state index in [0.717, 1.165) is 39.0 Å². The van der Waals surface area contributed by atoms with Gasteiger partial charge in [0.2, 0.25) is 5.91 Å². The lowest BCUT2D eigenvalue weighted by atomic mass is 10.1. The van der Waals surface area contributed by atoms with Gasteiger partial charge in [0.1, 0.15) is 5.82 Å². The Morgan fingerprint density at radius 1 is 1.06 bits per heavy atom. The number of hydrogen-bond donors (Lipinski definition) is 0. The molecule has 0 N–H and O–H groups in total. The van der Waals surface area contributed by atoms with Gasteiger partial charge in [0.05, 0.1) is 27.4 Å². The van der Waals surface area contributed by atoms with Crippen LogP contribution in [-0.4, -0.2) is 30.0 Å². The fourth-order valence-electron chi connectivity index (χ4n) is 3.61. The quantitative estimate of drug-likeness (QED) is 0.311. The van der Waals surface area contributed by atoms with Crippen molar-refractivity contribution in [2.75, 3.05) is 10.7 Å². The van der Waals surface area contributed by atoms with Crippen molar-refractivity contribution in [3.63, 3.8) is 0 Å². The van der Waals surface area contributed by atoms with Gasteiger partial charge in [-0.3, -0.25) is 14.7 Å². The highest BCUT2D eigenvalue weighted by Crippen LogP contribution is 2.34. The van der Waals surface area contributed by atoms with E-state index in [9.17, 15) is 17.6 Å². The van der Waals surface area contributed by atoms with E-state index in [1.54, 1.807) is 23.4 Å². The molecule has 34 heavy (non-hydrogen) atoms. The molecule has 0 fully saturated rings. The summed E-state index contributed by atoms with van der Waals surface area (Å²) in [6.07, 6.45) is 3.54. The van der Waals surface area contributed by atoms with Crippen LogP contribution in [0.5, 0.6) is 0 Å². The Kier molecular flexibility index (Phi) is 7.04. The molecule has 0 spiro atoms. The lowest BCUT2D eigenvalue weighted by Gasteiger charge is -2.20. The van der Waals surface area contributed by atoms with Crippen molar-refractivity contribution in [1.82, 2.24) is 9.97 Å². The largest absolute Gasteiger partial charge is 0.284 e. The molecule has 0 aliphatic heterocycles. The van der Waals surface area contributed by atoms with Crippen molar-refractivity contribution >= 4 is 42.4 Å². The first-order valence-corrected chi connectivity index (χ1v) is 13.3. The van der Waals surface area contributed by atoms with Crippen LogP contribution >= 0.6 is 11.3 Å². The Morgan fingerprint density at radius 2 is 1.79 bits per heavy atom. The van der Waals surface area contributed by atoms with Gasteiger partial charge in [-0.25, -0.2) is 17.8 Å². The topological polar surface area (TPSA) is 80.2 Å².